The molecule has 31 heavy (non-hydrogen) atoms. The molecule has 1 aromatic heterocycles. The highest BCUT2D eigenvalue weighted by molar-refractivity contribution is 5.96. The normalized spacial score (nSPS) is 20.9. The van der Waals surface area contributed by atoms with Crippen molar-refractivity contribution in [2.75, 3.05) is 4.90 Å². The number of fused-ring (bicyclic) bond motifs is 1. The van der Waals surface area contributed by atoms with Gasteiger partial charge in [-0.15, -0.1) is 0 Å². The van der Waals surface area contributed by atoms with Crippen LogP contribution in [0.5, 0.6) is 0 Å². The lowest BCUT2D eigenvalue weighted by Gasteiger charge is -2.32. The van der Waals surface area contributed by atoms with Crippen molar-refractivity contribution in [2.45, 2.75) is 50.5 Å². The highest BCUT2D eigenvalue weighted by Gasteiger charge is 2.47. The number of pyridine rings is 1. The first-order chi connectivity index (χ1) is 14.8. The molecular weight excluding hydrogens is 407 g/mol. The summed E-state index contributed by atoms with van der Waals surface area (Å²) in [4.78, 5) is 20.5. The van der Waals surface area contributed by atoms with E-state index in [1.165, 1.54) is 17.2 Å². The third-order valence-electron chi connectivity index (χ3n) is 5.88. The van der Waals surface area contributed by atoms with Crippen molar-refractivity contribution in [3.05, 3.63) is 58.9 Å². The van der Waals surface area contributed by atoms with Gasteiger partial charge in [-0.2, -0.15) is 23.7 Å². The van der Waals surface area contributed by atoms with Crippen LogP contribution in [0.15, 0.2) is 36.5 Å². The smallest absolute Gasteiger partial charge is 0.315 e. The number of anilines is 1. The van der Waals surface area contributed by atoms with Gasteiger partial charge in [-0.3, -0.25) is 4.90 Å². The lowest BCUT2D eigenvalue weighted by molar-refractivity contribution is -0.137. The number of rotatable bonds is 3. The van der Waals surface area contributed by atoms with Crippen LogP contribution in [0.1, 0.15) is 48.1 Å². The Morgan fingerprint density at radius 3 is 2.42 bits per heavy atom. The molecule has 0 N–H and O–H groups in total. The number of halogens is 3. The molecule has 2 amide bonds. The number of amides is 2. The van der Waals surface area contributed by atoms with E-state index in [9.17, 15) is 18.0 Å². The standard InChI is InChI=1S/C22H18F3N5O/c23-22(24,25)18-9-17(8-6-15(18)10-26)30-20-4-2-1-3-19(20)29(21(30)31)13-14-5-7-16(11-27)28-12-14/h5-9,12,19-20H,1-4,13H2. The summed E-state index contributed by atoms with van der Waals surface area (Å²) < 4.78 is 40.4. The minimum absolute atomic E-state index is 0.123. The van der Waals surface area contributed by atoms with Crippen molar-refractivity contribution < 1.29 is 18.0 Å². The van der Waals surface area contributed by atoms with E-state index in [1.807, 2.05) is 6.07 Å². The van der Waals surface area contributed by atoms with Crippen molar-refractivity contribution in [2.24, 2.45) is 0 Å². The molecule has 1 aliphatic carbocycles. The van der Waals surface area contributed by atoms with Crippen molar-refractivity contribution in [1.29, 1.82) is 10.5 Å². The van der Waals surface area contributed by atoms with E-state index in [1.54, 1.807) is 23.1 Å². The van der Waals surface area contributed by atoms with E-state index in [2.05, 4.69) is 4.98 Å². The zero-order chi connectivity index (χ0) is 22.2. The van der Waals surface area contributed by atoms with Crippen LogP contribution in [0, 0.1) is 22.7 Å². The molecule has 2 heterocycles. The van der Waals surface area contributed by atoms with Crippen LogP contribution < -0.4 is 4.90 Å². The summed E-state index contributed by atoms with van der Waals surface area (Å²) in [6.45, 7) is 0.262. The van der Waals surface area contributed by atoms with Crippen molar-refractivity contribution >= 4 is 11.7 Å². The van der Waals surface area contributed by atoms with E-state index in [-0.39, 0.29) is 36.0 Å². The second-order valence-electron chi connectivity index (χ2n) is 7.70. The van der Waals surface area contributed by atoms with Crippen molar-refractivity contribution in [3.8, 4) is 12.1 Å². The number of urea groups is 1. The minimum Gasteiger partial charge on any atom is -0.315 e. The zero-order valence-electron chi connectivity index (χ0n) is 16.4. The Kier molecular flexibility index (Phi) is 5.28. The van der Waals surface area contributed by atoms with Crippen LogP contribution in [0.3, 0.4) is 0 Å². The molecule has 2 aromatic rings. The van der Waals surface area contributed by atoms with E-state index in [4.69, 9.17) is 10.5 Å². The highest BCUT2D eigenvalue weighted by Crippen LogP contribution is 2.40. The number of carbonyl (C=O) groups is 1. The summed E-state index contributed by atoms with van der Waals surface area (Å²) in [5.41, 5.74) is -0.347. The summed E-state index contributed by atoms with van der Waals surface area (Å²) in [7, 11) is 0. The average molecular weight is 425 g/mol. The number of benzene rings is 1. The number of hydrogen-bond acceptors (Lipinski definition) is 4. The number of alkyl halides is 3. The molecule has 0 bridgehead atoms. The van der Waals surface area contributed by atoms with Gasteiger partial charge >= 0.3 is 12.2 Å². The molecular formula is C22H18F3N5O. The molecule has 4 rings (SSSR count). The Morgan fingerprint density at radius 1 is 1.06 bits per heavy atom. The fourth-order valence-corrected chi connectivity index (χ4v) is 4.46. The van der Waals surface area contributed by atoms with Crippen LogP contribution in [0.25, 0.3) is 0 Å². The van der Waals surface area contributed by atoms with Crippen LogP contribution in [-0.2, 0) is 12.7 Å². The number of nitrogens with zero attached hydrogens (tertiary/aromatic N) is 5. The van der Waals surface area contributed by atoms with Crippen molar-refractivity contribution in [3.63, 3.8) is 0 Å². The van der Waals surface area contributed by atoms with Gasteiger partial charge in [0.05, 0.1) is 29.3 Å². The summed E-state index contributed by atoms with van der Waals surface area (Å²) in [5, 5.41) is 18.0. The molecule has 158 valence electrons. The second-order valence-corrected chi connectivity index (χ2v) is 7.70. The quantitative estimate of drug-likeness (QED) is 0.720. The molecule has 1 saturated carbocycles. The molecule has 0 radical (unpaired) electrons. The molecule has 1 aromatic carbocycles. The molecule has 2 unspecified atom stereocenters. The lowest BCUT2D eigenvalue weighted by Crippen LogP contribution is -2.39. The molecule has 1 saturated heterocycles. The summed E-state index contributed by atoms with van der Waals surface area (Å²) in [5.74, 6) is 0. The van der Waals surface area contributed by atoms with E-state index in [0.29, 0.717) is 6.42 Å². The van der Waals surface area contributed by atoms with E-state index < -0.39 is 17.3 Å². The second kappa shape index (κ2) is 7.92. The summed E-state index contributed by atoms with van der Waals surface area (Å²) in [6, 6.07) is 9.52. The number of carbonyl (C=O) groups excluding carboxylic acids is 1. The number of hydrogen-bond donors (Lipinski definition) is 0. The predicted octanol–water partition coefficient (Wildman–Crippen LogP) is 4.60. The number of aromatic nitrogens is 1. The van der Waals surface area contributed by atoms with E-state index in [0.717, 1.165) is 37.0 Å². The van der Waals surface area contributed by atoms with Gasteiger partial charge in [0.15, 0.2) is 0 Å². The average Bonchev–Trinajstić information content (AvgIpc) is 3.04. The first-order valence-corrected chi connectivity index (χ1v) is 9.89. The minimum atomic E-state index is -4.69. The lowest BCUT2D eigenvalue weighted by atomic mass is 9.89. The largest absolute Gasteiger partial charge is 0.417 e. The first-order valence-electron chi connectivity index (χ1n) is 9.89. The van der Waals surface area contributed by atoms with Gasteiger partial charge in [0, 0.05) is 18.4 Å². The van der Waals surface area contributed by atoms with Gasteiger partial charge in [0.1, 0.15) is 11.8 Å². The molecule has 2 aliphatic rings. The molecule has 2 fully saturated rings. The van der Waals surface area contributed by atoms with Crippen LogP contribution in [0.4, 0.5) is 23.7 Å². The van der Waals surface area contributed by atoms with Crippen LogP contribution in [-0.4, -0.2) is 28.0 Å². The predicted molar refractivity (Wildman–Crippen MR) is 105 cm³/mol. The fourth-order valence-electron chi connectivity index (χ4n) is 4.46. The number of nitriles is 2. The Labute approximate surface area is 177 Å². The SMILES string of the molecule is N#Cc1ccc(CN2C(=O)N(c3ccc(C#N)c(C(F)(F)F)c3)C3CCCCC32)cn1. The van der Waals surface area contributed by atoms with Gasteiger partial charge in [0.2, 0.25) is 0 Å². The van der Waals surface area contributed by atoms with E-state index >= 15 is 0 Å². The fraction of sp³-hybridized carbons (Fsp3) is 0.364. The van der Waals surface area contributed by atoms with Crippen LogP contribution >= 0.6 is 0 Å². The van der Waals surface area contributed by atoms with Gasteiger partial charge in [-0.1, -0.05) is 18.9 Å². The topological polar surface area (TPSA) is 84.0 Å². The Morgan fingerprint density at radius 2 is 1.81 bits per heavy atom. The van der Waals surface area contributed by atoms with Gasteiger partial charge < -0.3 is 4.90 Å². The molecule has 0 spiro atoms. The molecule has 1 aliphatic heterocycles. The third-order valence-corrected chi connectivity index (χ3v) is 5.88. The maximum atomic E-state index is 13.5. The molecule has 2 atom stereocenters. The Bertz CT molecular complexity index is 1080. The Balaban J connectivity index is 1.69. The third kappa shape index (κ3) is 3.79. The first kappa shape index (κ1) is 20.7. The van der Waals surface area contributed by atoms with Gasteiger partial charge in [0.25, 0.3) is 0 Å². The highest BCUT2D eigenvalue weighted by atomic mass is 19.4. The zero-order valence-corrected chi connectivity index (χ0v) is 16.4. The van der Waals surface area contributed by atoms with Gasteiger partial charge in [-0.25, -0.2) is 9.78 Å². The van der Waals surface area contributed by atoms with Gasteiger partial charge in [-0.05, 0) is 42.7 Å². The maximum absolute atomic E-state index is 13.5. The summed E-state index contributed by atoms with van der Waals surface area (Å²) >= 11 is 0. The molecule has 9 heteroatoms. The molecule has 6 nitrogen and oxygen atoms in total. The van der Waals surface area contributed by atoms with Crippen molar-refractivity contribution in [1.82, 2.24) is 9.88 Å². The monoisotopic (exact) mass is 425 g/mol. The Hall–Kier alpha value is -3.59. The maximum Gasteiger partial charge on any atom is 0.417 e. The summed E-state index contributed by atoms with van der Waals surface area (Å²) in [6.07, 6.45) is 0.129. The van der Waals surface area contributed by atoms with Crippen LogP contribution in [0.2, 0.25) is 0 Å².